The predicted molar refractivity (Wildman–Crippen MR) is 364 cm³/mol. The first-order valence-corrected chi connectivity index (χ1v) is 40.0. The maximum atomic E-state index is 2.47. The highest BCUT2D eigenvalue weighted by Crippen LogP contribution is 2.61. The number of rotatable bonds is 42. The van der Waals surface area contributed by atoms with Crippen LogP contribution < -0.4 is 0 Å². The van der Waals surface area contributed by atoms with E-state index in [1.165, 1.54) is 277 Å². The molecule has 1 aromatic carbocycles. The average Bonchev–Trinajstić information content (AvgIpc) is 4.39. The van der Waals surface area contributed by atoms with Crippen LogP contribution in [0.15, 0.2) is 127 Å². The molecule has 0 unspecified atom stereocenters. The van der Waals surface area contributed by atoms with Crippen LogP contribution in [-0.4, -0.2) is 0 Å². The van der Waals surface area contributed by atoms with Gasteiger partial charge in [-0.1, -0.05) is 228 Å². The topological polar surface area (TPSA) is 0 Å². The lowest BCUT2D eigenvalue weighted by Gasteiger charge is -2.24. The molecule has 6 heterocycles. The fraction of sp³-hybridized carbons (Fsp3) is 0.545. The van der Waals surface area contributed by atoms with Gasteiger partial charge in [0.2, 0.25) is 0 Å². The summed E-state index contributed by atoms with van der Waals surface area (Å²) >= 11 is 24.8. The van der Waals surface area contributed by atoms with Crippen molar-refractivity contribution in [2.24, 2.45) is 0 Å². The molecule has 0 amide bonds. The SMILES string of the molecule is CCCCCCc1ccc(Sc2c(Sc3ccc(CCCCCC)s3)c(Sc3ccc(CCCCCC)s3)c(Sc3ccc(CCCCCC)s3)c(Sc3ccc(CCCCCC)s3)c2Sc2ccc(CCCCCC)s2)s1. The van der Waals surface area contributed by atoms with E-state index in [4.69, 9.17) is 0 Å². The monoisotopic (exact) mass is 1270 g/mol. The van der Waals surface area contributed by atoms with E-state index in [9.17, 15) is 0 Å². The predicted octanol–water partition coefficient (Wildman–Crippen LogP) is 27.7. The van der Waals surface area contributed by atoms with Gasteiger partial charge in [0.05, 0.1) is 25.3 Å². The number of hydrogen-bond donors (Lipinski definition) is 0. The lowest BCUT2D eigenvalue weighted by molar-refractivity contribution is 0.670. The summed E-state index contributed by atoms with van der Waals surface area (Å²) in [5.74, 6) is 0. The summed E-state index contributed by atoms with van der Waals surface area (Å²) in [6.07, 6.45) is 38.3. The summed E-state index contributed by atoms with van der Waals surface area (Å²) in [6.45, 7) is 14.0. The van der Waals surface area contributed by atoms with E-state index in [0.29, 0.717) is 0 Å². The van der Waals surface area contributed by atoms with Gasteiger partial charge in [-0.25, -0.2) is 0 Å². The smallest absolute Gasteiger partial charge is 0.0650 e. The Labute approximate surface area is 523 Å². The molecular weight excluding hydrogens is 1180 g/mol. The minimum absolute atomic E-state index is 1.18. The molecule has 0 aliphatic heterocycles. The van der Waals surface area contributed by atoms with Crippen molar-refractivity contribution in [2.45, 2.75) is 289 Å². The molecule has 0 spiro atoms. The van der Waals surface area contributed by atoms with Gasteiger partial charge in [0.25, 0.3) is 0 Å². The first kappa shape index (κ1) is 65.1. The molecule has 0 aliphatic rings. The molecule has 0 radical (unpaired) electrons. The maximum absolute atomic E-state index is 2.47. The molecule has 0 bridgehead atoms. The zero-order valence-electron chi connectivity index (χ0n) is 48.0. The standard InChI is InChI=1S/C66H90S12/c1-7-13-19-25-31-49-37-43-55(67-49)73-61-62(74-56-44-38-50(68-56)32-26-20-14-8-2)64(76-58-46-40-52(70-58)34-28-22-16-10-4)66(78-60-48-42-54(72-60)36-30-24-18-12-6)65(77-59-47-41-53(71-59)35-29-23-17-11-5)63(61)75-57-45-39-51(69-57)33-27-21-15-9-3/h37-48H,7-36H2,1-6H3. The lowest BCUT2D eigenvalue weighted by atomic mass is 10.1. The van der Waals surface area contributed by atoms with Crippen LogP contribution in [0, 0.1) is 0 Å². The minimum atomic E-state index is 1.18. The van der Waals surface area contributed by atoms with E-state index in [2.05, 4.69) is 253 Å². The van der Waals surface area contributed by atoms with Gasteiger partial charge >= 0.3 is 0 Å². The first-order valence-electron chi connectivity index (χ1n) is 30.2. The number of unbranched alkanes of at least 4 members (excludes halogenated alkanes) is 18. The van der Waals surface area contributed by atoms with E-state index < -0.39 is 0 Å². The fourth-order valence-electron chi connectivity index (χ4n) is 9.42. The Balaban J connectivity index is 1.45. The summed E-state index contributed by atoms with van der Waals surface area (Å²) in [6, 6.07) is 29.6. The second-order valence-corrected chi connectivity index (χ2v) is 35.6. The average molecular weight is 1270 g/mol. The summed E-state index contributed by atoms with van der Waals surface area (Å²) in [5, 5.41) is 0. The van der Waals surface area contributed by atoms with E-state index in [1.807, 2.05) is 0 Å². The van der Waals surface area contributed by atoms with Crippen molar-refractivity contribution >= 4 is 139 Å². The molecule has 0 fully saturated rings. The van der Waals surface area contributed by atoms with E-state index in [-0.39, 0.29) is 0 Å². The van der Waals surface area contributed by atoms with Crippen LogP contribution in [-0.2, 0) is 38.5 Å². The van der Waals surface area contributed by atoms with Crippen LogP contribution >= 0.6 is 139 Å². The lowest BCUT2D eigenvalue weighted by Crippen LogP contribution is -1.96. The minimum Gasteiger partial charge on any atom is -0.134 e. The van der Waals surface area contributed by atoms with Gasteiger partial charge < -0.3 is 0 Å². The second-order valence-electron chi connectivity index (χ2n) is 20.8. The Morgan fingerprint density at radius 3 is 0.500 bits per heavy atom. The Morgan fingerprint density at radius 1 is 0.205 bits per heavy atom. The molecule has 78 heavy (non-hydrogen) atoms. The summed E-state index contributed by atoms with van der Waals surface area (Å²) in [7, 11) is 0. The molecule has 0 atom stereocenters. The van der Waals surface area contributed by atoms with E-state index in [1.54, 1.807) is 0 Å². The largest absolute Gasteiger partial charge is 0.134 e. The molecule has 0 saturated heterocycles. The fourth-order valence-corrected chi connectivity index (χ4v) is 24.8. The molecule has 426 valence electrons. The zero-order chi connectivity index (χ0) is 54.6. The molecule has 7 aromatic rings. The third kappa shape index (κ3) is 22.2. The number of aryl methyl sites for hydroxylation is 6. The Hall–Kier alpha value is -0.480. The molecule has 7 rings (SSSR count). The molecule has 0 saturated carbocycles. The quantitative estimate of drug-likeness (QED) is 0.0347. The number of hydrogen-bond acceptors (Lipinski definition) is 12. The van der Waals surface area contributed by atoms with Crippen molar-refractivity contribution in [2.75, 3.05) is 0 Å². The van der Waals surface area contributed by atoms with Crippen molar-refractivity contribution in [1.82, 2.24) is 0 Å². The van der Waals surface area contributed by atoms with Gasteiger partial charge in [-0.15, -0.1) is 68.0 Å². The molecule has 6 aromatic heterocycles. The second kappa shape index (κ2) is 37.8. The number of benzene rings is 1. The highest BCUT2D eigenvalue weighted by atomic mass is 32.2. The molecule has 0 nitrogen and oxygen atoms in total. The zero-order valence-corrected chi connectivity index (χ0v) is 57.8. The van der Waals surface area contributed by atoms with Gasteiger partial charge in [0, 0.05) is 58.6 Å². The van der Waals surface area contributed by atoms with Gasteiger partial charge in [-0.05, 0) is 150 Å². The summed E-state index contributed by atoms with van der Waals surface area (Å²) in [4.78, 5) is 17.9. The molecule has 12 heteroatoms. The molecule has 0 N–H and O–H groups in total. The van der Waals surface area contributed by atoms with Crippen LogP contribution in [0.5, 0.6) is 0 Å². The van der Waals surface area contributed by atoms with Crippen molar-refractivity contribution < 1.29 is 0 Å². The van der Waals surface area contributed by atoms with E-state index >= 15 is 0 Å². The van der Waals surface area contributed by atoms with Gasteiger partial charge in [0.1, 0.15) is 0 Å². The van der Waals surface area contributed by atoms with Gasteiger partial charge in [-0.2, -0.15) is 0 Å². The number of thiophene rings is 6. The Kier molecular flexibility index (Phi) is 31.5. The third-order valence-electron chi connectivity index (χ3n) is 13.9. The van der Waals surface area contributed by atoms with E-state index in [0.717, 1.165) is 0 Å². The van der Waals surface area contributed by atoms with Crippen molar-refractivity contribution in [3.05, 3.63) is 102 Å². The Bertz CT molecular complexity index is 2220. The van der Waals surface area contributed by atoms with Crippen molar-refractivity contribution in [3.8, 4) is 0 Å². The summed E-state index contributed by atoms with van der Waals surface area (Å²) < 4.78 is 8.52. The normalized spacial score (nSPS) is 11.8. The van der Waals surface area contributed by atoms with Crippen LogP contribution in [0.4, 0.5) is 0 Å². The first-order chi connectivity index (χ1) is 38.4. The van der Waals surface area contributed by atoms with Crippen LogP contribution in [0.2, 0.25) is 0 Å². The third-order valence-corrected chi connectivity index (χ3v) is 29.0. The van der Waals surface area contributed by atoms with Crippen LogP contribution in [0.25, 0.3) is 0 Å². The van der Waals surface area contributed by atoms with Crippen molar-refractivity contribution in [3.63, 3.8) is 0 Å². The molecular formula is C66H90S12. The summed E-state index contributed by atoms with van der Waals surface area (Å²) in [5.41, 5.74) is 0. The van der Waals surface area contributed by atoms with Crippen LogP contribution in [0.3, 0.4) is 0 Å². The van der Waals surface area contributed by atoms with Crippen molar-refractivity contribution in [1.29, 1.82) is 0 Å². The highest BCUT2D eigenvalue weighted by Gasteiger charge is 2.31. The van der Waals surface area contributed by atoms with Gasteiger partial charge in [0.15, 0.2) is 0 Å². The highest BCUT2D eigenvalue weighted by molar-refractivity contribution is 8.08. The van der Waals surface area contributed by atoms with Crippen LogP contribution in [0.1, 0.15) is 225 Å². The maximum Gasteiger partial charge on any atom is 0.0650 e. The molecule has 0 aliphatic carbocycles. The van der Waals surface area contributed by atoms with Gasteiger partial charge in [-0.3, -0.25) is 0 Å². The Morgan fingerprint density at radius 2 is 0.359 bits per heavy atom.